The lowest BCUT2D eigenvalue weighted by molar-refractivity contribution is 0.150. The van der Waals surface area contributed by atoms with Crippen LogP contribution in [0.3, 0.4) is 0 Å². The molecule has 0 saturated heterocycles. The maximum atomic E-state index is 12.5. The van der Waals surface area contributed by atoms with E-state index >= 15 is 0 Å². The van der Waals surface area contributed by atoms with Gasteiger partial charge in [0.15, 0.2) is 0 Å². The Labute approximate surface area is 98.5 Å². The second-order valence-corrected chi connectivity index (χ2v) is 3.63. The molecule has 0 aromatic carbocycles. The third kappa shape index (κ3) is 2.39. The Balaban J connectivity index is 3.43. The van der Waals surface area contributed by atoms with Crippen molar-refractivity contribution < 1.29 is 8.78 Å². The maximum Gasteiger partial charge on any atom is 0.266 e. The number of hydrogen-bond donors (Lipinski definition) is 0. The molecule has 0 bridgehead atoms. The molecule has 0 amide bonds. The number of nitriles is 2. The molecule has 6 heteroatoms. The summed E-state index contributed by atoms with van der Waals surface area (Å²) in [6.45, 7) is 0. The van der Waals surface area contributed by atoms with Gasteiger partial charge in [0.25, 0.3) is 6.43 Å². The van der Waals surface area contributed by atoms with Gasteiger partial charge in [-0.05, 0) is 22.6 Å². The van der Waals surface area contributed by atoms with Crippen LogP contribution >= 0.6 is 22.6 Å². The average molecular weight is 319 g/mol. The molecule has 0 saturated carbocycles. The normalized spacial score (nSPS) is 9.73. The molecule has 76 valence electrons. The summed E-state index contributed by atoms with van der Waals surface area (Å²) in [5.74, 6) is 0. The first kappa shape index (κ1) is 11.8. The zero-order valence-electron chi connectivity index (χ0n) is 7.34. The van der Waals surface area contributed by atoms with Gasteiger partial charge in [0.2, 0.25) is 0 Å². The molecular formula is C9H4F2IN3. The Morgan fingerprint density at radius 1 is 1.47 bits per heavy atom. The molecule has 1 aromatic heterocycles. The Morgan fingerprint density at radius 2 is 2.13 bits per heavy atom. The Morgan fingerprint density at radius 3 is 2.60 bits per heavy atom. The summed E-state index contributed by atoms with van der Waals surface area (Å²) in [4.78, 5) is 3.73. The van der Waals surface area contributed by atoms with Crippen LogP contribution in [0.4, 0.5) is 8.78 Å². The monoisotopic (exact) mass is 319 g/mol. The Bertz CT molecular complexity index is 460. The number of alkyl halides is 2. The highest BCUT2D eigenvalue weighted by molar-refractivity contribution is 14.1. The SMILES string of the molecule is N#CCc1c(I)ncc(C(F)F)c1C#N. The van der Waals surface area contributed by atoms with E-state index in [4.69, 9.17) is 10.5 Å². The number of halogens is 3. The lowest BCUT2D eigenvalue weighted by Crippen LogP contribution is -2.02. The summed E-state index contributed by atoms with van der Waals surface area (Å²) < 4.78 is 25.4. The topological polar surface area (TPSA) is 60.5 Å². The van der Waals surface area contributed by atoms with E-state index < -0.39 is 12.0 Å². The van der Waals surface area contributed by atoms with E-state index in [-0.39, 0.29) is 17.5 Å². The summed E-state index contributed by atoms with van der Waals surface area (Å²) in [5, 5.41) is 17.3. The van der Waals surface area contributed by atoms with Gasteiger partial charge in [-0.3, -0.25) is 0 Å². The third-order valence-corrected chi connectivity index (χ3v) is 2.69. The number of rotatable bonds is 2. The number of pyridine rings is 1. The second kappa shape index (κ2) is 4.99. The van der Waals surface area contributed by atoms with Crippen molar-refractivity contribution in [1.29, 1.82) is 10.5 Å². The van der Waals surface area contributed by atoms with E-state index in [0.29, 0.717) is 3.70 Å². The molecule has 1 heterocycles. The molecule has 0 unspecified atom stereocenters. The fraction of sp³-hybridized carbons (Fsp3) is 0.222. The van der Waals surface area contributed by atoms with Crippen molar-refractivity contribution in [3.8, 4) is 12.1 Å². The number of aromatic nitrogens is 1. The quantitative estimate of drug-likeness (QED) is 0.622. The van der Waals surface area contributed by atoms with Crippen molar-refractivity contribution in [2.45, 2.75) is 12.8 Å². The largest absolute Gasteiger partial charge is 0.266 e. The zero-order chi connectivity index (χ0) is 11.4. The fourth-order valence-electron chi connectivity index (χ4n) is 1.08. The van der Waals surface area contributed by atoms with Gasteiger partial charge in [-0.1, -0.05) is 0 Å². The van der Waals surface area contributed by atoms with E-state index in [1.54, 1.807) is 6.07 Å². The minimum Gasteiger partial charge on any atom is -0.249 e. The van der Waals surface area contributed by atoms with E-state index in [1.165, 1.54) is 0 Å². The minimum absolute atomic E-state index is 0.0886. The van der Waals surface area contributed by atoms with Gasteiger partial charge in [-0.15, -0.1) is 0 Å². The van der Waals surface area contributed by atoms with Gasteiger partial charge in [0.05, 0.1) is 23.6 Å². The van der Waals surface area contributed by atoms with Crippen LogP contribution in [0, 0.1) is 26.4 Å². The van der Waals surface area contributed by atoms with Crippen LogP contribution in [-0.4, -0.2) is 4.98 Å². The van der Waals surface area contributed by atoms with Gasteiger partial charge in [-0.2, -0.15) is 10.5 Å². The maximum absolute atomic E-state index is 12.5. The summed E-state index contributed by atoms with van der Waals surface area (Å²) >= 11 is 1.81. The van der Waals surface area contributed by atoms with E-state index in [9.17, 15) is 8.78 Å². The molecule has 0 aliphatic carbocycles. The lowest BCUT2D eigenvalue weighted by atomic mass is 10.0. The molecule has 15 heavy (non-hydrogen) atoms. The van der Waals surface area contributed by atoms with E-state index in [2.05, 4.69) is 4.98 Å². The summed E-state index contributed by atoms with van der Waals surface area (Å²) in [6.07, 6.45) is -1.86. The standard InChI is InChI=1S/C9H4F2IN3/c10-8(11)7-4-15-9(12)5(1-2-13)6(7)3-14/h4,8H,1H2. The first-order valence-corrected chi connectivity index (χ1v) is 4.92. The third-order valence-electron chi connectivity index (χ3n) is 1.76. The molecule has 1 aromatic rings. The van der Waals surface area contributed by atoms with Crippen LogP contribution in [-0.2, 0) is 6.42 Å². The van der Waals surface area contributed by atoms with Gasteiger partial charge in [0, 0.05) is 11.8 Å². The van der Waals surface area contributed by atoms with Crippen LogP contribution in [0.2, 0.25) is 0 Å². The fourth-order valence-corrected chi connectivity index (χ4v) is 1.68. The van der Waals surface area contributed by atoms with Crippen molar-refractivity contribution >= 4 is 22.6 Å². The van der Waals surface area contributed by atoms with Gasteiger partial charge >= 0.3 is 0 Å². The zero-order valence-corrected chi connectivity index (χ0v) is 9.49. The molecule has 0 aliphatic rings. The predicted molar refractivity (Wildman–Crippen MR) is 55.9 cm³/mol. The van der Waals surface area contributed by atoms with E-state index in [0.717, 1.165) is 6.20 Å². The predicted octanol–water partition coefficient (Wildman–Crippen LogP) is 2.56. The van der Waals surface area contributed by atoms with Crippen molar-refractivity contribution in [2.75, 3.05) is 0 Å². The first-order valence-electron chi connectivity index (χ1n) is 3.84. The molecule has 1 rings (SSSR count). The second-order valence-electron chi connectivity index (χ2n) is 2.61. The van der Waals surface area contributed by atoms with Crippen molar-refractivity contribution in [3.63, 3.8) is 0 Å². The van der Waals surface area contributed by atoms with Gasteiger partial charge in [-0.25, -0.2) is 13.8 Å². The first-order chi connectivity index (χ1) is 7.11. The van der Waals surface area contributed by atoms with Crippen LogP contribution in [0.1, 0.15) is 23.1 Å². The Kier molecular flexibility index (Phi) is 3.92. The van der Waals surface area contributed by atoms with Crippen LogP contribution in [0.25, 0.3) is 0 Å². The molecule has 3 nitrogen and oxygen atoms in total. The molecular weight excluding hydrogens is 315 g/mol. The summed E-state index contributed by atoms with van der Waals surface area (Å²) in [7, 11) is 0. The average Bonchev–Trinajstić information content (AvgIpc) is 2.20. The highest BCUT2D eigenvalue weighted by atomic mass is 127. The lowest BCUT2D eigenvalue weighted by Gasteiger charge is -2.07. The molecule has 0 atom stereocenters. The van der Waals surface area contributed by atoms with Crippen molar-refractivity contribution in [3.05, 3.63) is 26.6 Å². The molecule has 0 fully saturated rings. The number of nitrogens with zero attached hydrogens (tertiary/aromatic N) is 3. The molecule has 0 radical (unpaired) electrons. The van der Waals surface area contributed by atoms with Crippen molar-refractivity contribution in [2.24, 2.45) is 0 Å². The molecule has 0 aliphatic heterocycles. The highest BCUT2D eigenvalue weighted by Crippen LogP contribution is 2.26. The Hall–Kier alpha value is -1.28. The number of hydrogen-bond acceptors (Lipinski definition) is 3. The van der Waals surface area contributed by atoms with Gasteiger partial charge < -0.3 is 0 Å². The highest BCUT2D eigenvalue weighted by Gasteiger charge is 2.19. The van der Waals surface area contributed by atoms with E-state index in [1.807, 2.05) is 28.7 Å². The van der Waals surface area contributed by atoms with Crippen LogP contribution in [0.15, 0.2) is 6.20 Å². The smallest absolute Gasteiger partial charge is 0.249 e. The van der Waals surface area contributed by atoms with Crippen LogP contribution < -0.4 is 0 Å². The summed E-state index contributed by atoms with van der Waals surface area (Å²) in [6, 6.07) is 3.52. The minimum atomic E-state index is -2.75. The summed E-state index contributed by atoms with van der Waals surface area (Å²) in [5.41, 5.74) is -0.271. The molecule has 0 spiro atoms. The van der Waals surface area contributed by atoms with Crippen molar-refractivity contribution in [1.82, 2.24) is 4.98 Å². The van der Waals surface area contributed by atoms with Crippen LogP contribution in [0.5, 0.6) is 0 Å². The van der Waals surface area contributed by atoms with Gasteiger partial charge in [0.1, 0.15) is 9.77 Å². The molecule has 0 N–H and O–H groups in total.